The van der Waals surface area contributed by atoms with Crippen LogP contribution in [0.5, 0.6) is 0 Å². The molecule has 2 aliphatic carbocycles. The van der Waals surface area contributed by atoms with Crippen LogP contribution in [0.15, 0.2) is 47.6 Å². The minimum Gasteiger partial charge on any atom is -0.393 e. The predicted molar refractivity (Wildman–Crippen MR) is 111 cm³/mol. The van der Waals surface area contributed by atoms with Crippen molar-refractivity contribution in [2.24, 2.45) is 0 Å². The van der Waals surface area contributed by atoms with Crippen LogP contribution in [0.1, 0.15) is 51.4 Å². The molecule has 1 unspecified atom stereocenters. The van der Waals surface area contributed by atoms with Gasteiger partial charge in [0.2, 0.25) is 0 Å². The van der Waals surface area contributed by atoms with Crippen molar-refractivity contribution in [2.45, 2.75) is 69.0 Å². The maximum absolute atomic E-state index is 10.3. The Morgan fingerprint density at radius 3 is 1.71 bits per heavy atom. The summed E-state index contributed by atoms with van der Waals surface area (Å²) in [6.45, 7) is 0. The number of aliphatic hydroxyl groups excluding tert-OH is 1. The second-order valence-electron chi connectivity index (χ2n) is 7.51. The number of unbranched alkanes of at least 4 members (excludes halogenated alkanes) is 1. The summed E-state index contributed by atoms with van der Waals surface area (Å²) in [5.41, 5.74) is 2.55. The van der Waals surface area contributed by atoms with Gasteiger partial charge in [-0.15, -0.1) is 0 Å². The van der Waals surface area contributed by atoms with Gasteiger partial charge in [-0.3, -0.25) is 0 Å². The van der Waals surface area contributed by atoms with Crippen LogP contribution < -0.4 is 0 Å². The highest BCUT2D eigenvalue weighted by atomic mass is 16.7. The fourth-order valence-corrected chi connectivity index (χ4v) is 3.62. The zero-order chi connectivity index (χ0) is 20.5. The van der Waals surface area contributed by atoms with E-state index in [1.165, 1.54) is 11.1 Å². The van der Waals surface area contributed by atoms with Gasteiger partial charge in [0.25, 0.3) is 0 Å². The molecule has 0 aromatic heterocycles. The molecule has 0 radical (unpaired) electrons. The van der Waals surface area contributed by atoms with Gasteiger partial charge in [-0.1, -0.05) is 41.9 Å². The van der Waals surface area contributed by atoms with E-state index < -0.39 is 11.6 Å². The number of aliphatic hydroxyl groups is 1. The summed E-state index contributed by atoms with van der Waals surface area (Å²) >= 11 is 0. The van der Waals surface area contributed by atoms with Gasteiger partial charge in [0.05, 0.1) is 6.10 Å². The lowest BCUT2D eigenvalue weighted by Crippen LogP contribution is -2.32. The minimum absolute atomic E-state index is 0.253. The average molecular weight is 393 g/mol. The number of hydrogen-bond donors (Lipinski definition) is 1. The highest BCUT2D eigenvalue weighted by Crippen LogP contribution is 2.28. The third-order valence-corrected chi connectivity index (χ3v) is 5.80. The Balaban J connectivity index is 1.61. The largest absolute Gasteiger partial charge is 0.393 e. The van der Waals surface area contributed by atoms with Crippen molar-refractivity contribution in [3.05, 3.63) is 47.6 Å². The second kappa shape index (κ2) is 11.1. The molecular weight excluding hydrogens is 356 g/mol. The van der Waals surface area contributed by atoms with Crippen LogP contribution in [-0.2, 0) is 18.9 Å². The Bertz CT molecular complexity index is 594. The molecule has 0 amide bonds. The zero-order valence-corrected chi connectivity index (χ0v) is 17.8. The highest BCUT2D eigenvalue weighted by molar-refractivity contribution is 5.27. The quantitative estimate of drug-likeness (QED) is 0.393. The molecule has 28 heavy (non-hydrogen) atoms. The first-order valence-corrected chi connectivity index (χ1v) is 10.2. The smallest absolute Gasteiger partial charge is 0.190 e. The molecule has 2 aliphatic rings. The molecule has 0 aromatic carbocycles. The van der Waals surface area contributed by atoms with Crippen LogP contribution >= 0.6 is 0 Å². The average Bonchev–Trinajstić information content (AvgIpc) is 2.76. The molecule has 5 heteroatoms. The molecule has 0 spiro atoms. The van der Waals surface area contributed by atoms with E-state index >= 15 is 0 Å². The fourth-order valence-electron chi connectivity index (χ4n) is 3.62. The fraction of sp³-hybridized carbons (Fsp3) is 0.652. The number of rotatable bonds is 12. The molecule has 158 valence electrons. The lowest BCUT2D eigenvalue weighted by atomic mass is 9.95. The highest BCUT2D eigenvalue weighted by Gasteiger charge is 2.28. The standard InChI is InChI=1S/C23H36O5/c1-25-22(26-2)15-11-19(12-16-22)7-5-6-8-21(24)10-9-20-13-17-23(27-3,28-4)18-14-20/h11-15,17,21,24H,5-10,16,18H2,1-4H3. The molecule has 5 nitrogen and oxygen atoms in total. The maximum atomic E-state index is 10.3. The minimum atomic E-state index is -0.628. The van der Waals surface area contributed by atoms with E-state index in [2.05, 4.69) is 18.2 Å². The monoisotopic (exact) mass is 392 g/mol. The molecule has 2 rings (SSSR count). The SMILES string of the molecule is COC1(OC)C=CC(CCCCC(O)CCC2=CCC(OC)(OC)C=C2)=CC1. The topological polar surface area (TPSA) is 57.2 Å². The van der Waals surface area contributed by atoms with Gasteiger partial charge in [-0.25, -0.2) is 0 Å². The summed E-state index contributed by atoms with van der Waals surface area (Å²) in [5, 5.41) is 10.3. The number of methoxy groups -OCH3 is 4. The molecule has 0 fully saturated rings. The normalized spacial score (nSPS) is 21.3. The van der Waals surface area contributed by atoms with Gasteiger partial charge in [-0.2, -0.15) is 0 Å². The first kappa shape index (κ1) is 23.0. The first-order chi connectivity index (χ1) is 13.5. The molecular formula is C23H36O5. The van der Waals surface area contributed by atoms with Gasteiger partial charge in [0.15, 0.2) is 11.6 Å². The van der Waals surface area contributed by atoms with Crippen molar-refractivity contribution >= 4 is 0 Å². The Hall–Kier alpha value is -1.24. The summed E-state index contributed by atoms with van der Waals surface area (Å²) in [5.74, 6) is -1.23. The molecule has 1 N–H and O–H groups in total. The van der Waals surface area contributed by atoms with Crippen molar-refractivity contribution in [3.8, 4) is 0 Å². The summed E-state index contributed by atoms with van der Waals surface area (Å²) in [4.78, 5) is 0. The van der Waals surface area contributed by atoms with Gasteiger partial charge >= 0.3 is 0 Å². The predicted octanol–water partition coefficient (Wildman–Crippen LogP) is 4.44. The number of ether oxygens (including phenoxy) is 4. The van der Waals surface area contributed by atoms with Crippen LogP contribution in [0.25, 0.3) is 0 Å². The van der Waals surface area contributed by atoms with Crippen LogP contribution in [0.3, 0.4) is 0 Å². The van der Waals surface area contributed by atoms with Gasteiger partial charge in [0, 0.05) is 41.3 Å². The molecule has 0 saturated heterocycles. The molecule has 0 aliphatic heterocycles. The van der Waals surface area contributed by atoms with E-state index in [0.29, 0.717) is 6.42 Å². The van der Waals surface area contributed by atoms with E-state index in [0.717, 1.165) is 44.9 Å². The van der Waals surface area contributed by atoms with Crippen LogP contribution in [-0.4, -0.2) is 51.2 Å². The molecule has 0 bridgehead atoms. The van der Waals surface area contributed by atoms with Crippen molar-refractivity contribution in [3.63, 3.8) is 0 Å². The van der Waals surface area contributed by atoms with Gasteiger partial charge in [0.1, 0.15) is 0 Å². The van der Waals surface area contributed by atoms with Crippen molar-refractivity contribution in [2.75, 3.05) is 28.4 Å². The van der Waals surface area contributed by atoms with Crippen LogP contribution in [0, 0.1) is 0 Å². The van der Waals surface area contributed by atoms with E-state index in [1.54, 1.807) is 28.4 Å². The lowest BCUT2D eigenvalue weighted by molar-refractivity contribution is -0.168. The third kappa shape index (κ3) is 6.39. The van der Waals surface area contributed by atoms with Crippen LogP contribution in [0.2, 0.25) is 0 Å². The van der Waals surface area contributed by atoms with E-state index in [-0.39, 0.29) is 6.10 Å². The Morgan fingerprint density at radius 2 is 1.29 bits per heavy atom. The van der Waals surface area contributed by atoms with E-state index in [1.807, 2.05) is 18.2 Å². The van der Waals surface area contributed by atoms with Gasteiger partial charge in [-0.05, 0) is 44.3 Å². The molecule has 0 aromatic rings. The Morgan fingerprint density at radius 1 is 0.786 bits per heavy atom. The number of hydrogen-bond acceptors (Lipinski definition) is 5. The zero-order valence-electron chi connectivity index (χ0n) is 17.8. The van der Waals surface area contributed by atoms with Crippen LogP contribution in [0.4, 0.5) is 0 Å². The maximum Gasteiger partial charge on any atom is 0.190 e. The summed E-state index contributed by atoms with van der Waals surface area (Å²) in [6, 6.07) is 0. The first-order valence-electron chi connectivity index (χ1n) is 10.2. The van der Waals surface area contributed by atoms with Crippen molar-refractivity contribution in [1.29, 1.82) is 0 Å². The van der Waals surface area contributed by atoms with E-state index in [4.69, 9.17) is 18.9 Å². The second-order valence-corrected chi connectivity index (χ2v) is 7.51. The van der Waals surface area contributed by atoms with Gasteiger partial charge < -0.3 is 24.1 Å². The summed E-state index contributed by atoms with van der Waals surface area (Å²) in [7, 11) is 6.64. The molecule has 0 saturated carbocycles. The Labute approximate surface area is 169 Å². The Kier molecular flexibility index (Phi) is 9.12. The third-order valence-electron chi connectivity index (χ3n) is 5.80. The number of allylic oxidation sites excluding steroid dienone is 4. The lowest BCUT2D eigenvalue weighted by Gasteiger charge is -2.29. The molecule has 0 heterocycles. The van der Waals surface area contributed by atoms with Crippen molar-refractivity contribution < 1.29 is 24.1 Å². The molecule has 1 atom stereocenters. The van der Waals surface area contributed by atoms with E-state index in [9.17, 15) is 5.11 Å². The summed E-state index contributed by atoms with van der Waals surface area (Å²) in [6.07, 6.45) is 19.2. The van der Waals surface area contributed by atoms with Crippen molar-refractivity contribution in [1.82, 2.24) is 0 Å². The summed E-state index contributed by atoms with van der Waals surface area (Å²) < 4.78 is 21.7.